The van der Waals surface area contributed by atoms with Crippen LogP contribution in [-0.2, 0) is 9.59 Å². The molecule has 0 fully saturated rings. The van der Waals surface area contributed by atoms with Crippen LogP contribution in [0.3, 0.4) is 0 Å². The van der Waals surface area contributed by atoms with Gasteiger partial charge in [-0.2, -0.15) is 0 Å². The Bertz CT molecular complexity index is 1010. The summed E-state index contributed by atoms with van der Waals surface area (Å²) in [5.74, 6) is -0.653. The molecule has 0 radical (unpaired) electrons. The molecule has 4 rings (SSSR count). The Morgan fingerprint density at radius 3 is 1.80 bits per heavy atom. The number of fused-ring (bicyclic) bond motifs is 1. The van der Waals surface area contributed by atoms with Crippen LogP contribution in [0.2, 0.25) is 10.0 Å². The number of benzene rings is 2. The van der Waals surface area contributed by atoms with Crippen LogP contribution in [0.25, 0.3) is 11.4 Å². The second-order valence-electron chi connectivity index (χ2n) is 5.54. The van der Waals surface area contributed by atoms with Gasteiger partial charge in [0.25, 0.3) is 11.8 Å². The van der Waals surface area contributed by atoms with Crippen molar-refractivity contribution in [2.24, 2.45) is 0 Å². The largest absolute Gasteiger partial charge is 0.321 e. The van der Waals surface area contributed by atoms with Crippen molar-refractivity contribution in [3.8, 4) is 0 Å². The maximum Gasteiger partial charge on any atom is 0.258 e. The summed E-state index contributed by atoms with van der Waals surface area (Å²) >= 11 is 15.4. The fourth-order valence-corrected chi connectivity index (χ4v) is 3.44. The molecule has 7 heteroatoms. The van der Waals surface area contributed by atoms with E-state index in [9.17, 15) is 9.59 Å². The summed E-state index contributed by atoms with van der Waals surface area (Å²) in [6, 6.07) is 12.3. The molecular weight excluding hydrogens is 427 g/mol. The minimum atomic E-state index is -0.327. The van der Waals surface area contributed by atoms with Crippen LogP contribution in [0.5, 0.6) is 0 Å². The molecule has 25 heavy (non-hydrogen) atoms. The maximum atomic E-state index is 12.5. The lowest BCUT2D eigenvalue weighted by Crippen LogP contribution is -2.21. The van der Waals surface area contributed by atoms with Gasteiger partial charge in [0.2, 0.25) is 0 Å². The molecule has 0 unspecified atom stereocenters. The van der Waals surface area contributed by atoms with Crippen molar-refractivity contribution in [2.75, 3.05) is 0 Å². The predicted octanol–water partition coefficient (Wildman–Crippen LogP) is 4.14. The van der Waals surface area contributed by atoms with Gasteiger partial charge in [-0.3, -0.25) is 9.59 Å². The minimum absolute atomic E-state index is 0.321. The van der Waals surface area contributed by atoms with E-state index < -0.39 is 0 Å². The van der Waals surface area contributed by atoms with E-state index >= 15 is 0 Å². The first kappa shape index (κ1) is 16.4. The number of carbonyl (C=O) groups excluding carboxylic acids is 2. The van der Waals surface area contributed by atoms with Crippen LogP contribution >= 0.6 is 39.1 Å². The molecule has 2 amide bonds. The van der Waals surface area contributed by atoms with Gasteiger partial charge in [0.05, 0.1) is 32.6 Å². The Morgan fingerprint density at radius 1 is 0.720 bits per heavy atom. The Hall–Kier alpha value is -2.08. The summed E-state index contributed by atoms with van der Waals surface area (Å²) in [4.78, 5) is 25.0. The molecule has 0 saturated heterocycles. The number of amides is 2. The van der Waals surface area contributed by atoms with Crippen molar-refractivity contribution < 1.29 is 9.59 Å². The van der Waals surface area contributed by atoms with Crippen molar-refractivity contribution >= 4 is 62.3 Å². The van der Waals surface area contributed by atoms with Crippen LogP contribution in [0.4, 0.5) is 0 Å². The number of hydrogen-bond donors (Lipinski definition) is 2. The summed E-state index contributed by atoms with van der Waals surface area (Å²) in [6.45, 7) is 0. The van der Waals surface area contributed by atoms with Crippen LogP contribution in [-0.4, -0.2) is 11.8 Å². The molecule has 2 aliphatic heterocycles. The smallest absolute Gasteiger partial charge is 0.258 e. The zero-order chi connectivity index (χ0) is 17.7. The Balaban J connectivity index is 1.89. The molecule has 0 aliphatic carbocycles. The maximum absolute atomic E-state index is 12.5. The van der Waals surface area contributed by atoms with Gasteiger partial charge in [-0.05, 0) is 29.8 Å². The zero-order valence-electron chi connectivity index (χ0n) is 12.5. The standard InChI is InChI=1S/C18H9BrCl2N2O2/c19-10-4-1-8(2-5-10)15-13-14(18(25)22-15)16(23-17(13)24)9-3-6-11(20)12(21)7-9/h1-7H,(H,22,25)(H,23,24). The van der Waals surface area contributed by atoms with Gasteiger partial charge >= 0.3 is 0 Å². The van der Waals surface area contributed by atoms with Crippen molar-refractivity contribution in [1.29, 1.82) is 0 Å². The molecule has 2 heterocycles. The first-order chi connectivity index (χ1) is 12.0. The van der Waals surface area contributed by atoms with Crippen LogP contribution in [0.1, 0.15) is 11.1 Å². The summed E-state index contributed by atoms with van der Waals surface area (Å²) in [7, 11) is 0. The third kappa shape index (κ3) is 2.68. The number of halogens is 3. The van der Waals surface area contributed by atoms with E-state index in [2.05, 4.69) is 26.6 Å². The Kier molecular flexibility index (Phi) is 3.95. The number of carbonyl (C=O) groups is 2. The van der Waals surface area contributed by atoms with Crippen molar-refractivity contribution in [1.82, 2.24) is 10.6 Å². The SMILES string of the molecule is O=C1NC(c2ccc(Cl)c(Cl)c2)=C2C(=O)NC(c3ccc(Br)cc3)=C12. The highest BCUT2D eigenvalue weighted by Gasteiger charge is 2.40. The Morgan fingerprint density at radius 2 is 1.24 bits per heavy atom. The fourth-order valence-electron chi connectivity index (χ4n) is 2.88. The molecule has 2 N–H and O–H groups in total. The van der Waals surface area contributed by atoms with Gasteiger partial charge < -0.3 is 10.6 Å². The molecule has 2 aromatic carbocycles. The Labute approximate surface area is 161 Å². The molecule has 0 spiro atoms. The van der Waals surface area contributed by atoms with E-state index in [1.807, 2.05) is 24.3 Å². The third-order valence-corrected chi connectivity index (χ3v) is 5.29. The highest BCUT2D eigenvalue weighted by atomic mass is 79.9. The number of nitrogens with one attached hydrogen (secondary N) is 2. The molecule has 4 nitrogen and oxygen atoms in total. The van der Waals surface area contributed by atoms with E-state index in [0.29, 0.717) is 38.1 Å². The van der Waals surface area contributed by atoms with E-state index in [1.54, 1.807) is 18.2 Å². The second kappa shape index (κ2) is 6.02. The lowest BCUT2D eigenvalue weighted by molar-refractivity contribution is -0.117. The van der Waals surface area contributed by atoms with Crippen LogP contribution in [0.15, 0.2) is 58.1 Å². The van der Waals surface area contributed by atoms with E-state index in [4.69, 9.17) is 23.2 Å². The van der Waals surface area contributed by atoms with Crippen molar-refractivity contribution in [2.45, 2.75) is 0 Å². The summed E-state index contributed by atoms with van der Waals surface area (Å²) in [6.07, 6.45) is 0. The first-order valence-electron chi connectivity index (χ1n) is 7.28. The molecule has 2 aliphatic rings. The lowest BCUT2D eigenvalue weighted by Gasteiger charge is -2.08. The quantitative estimate of drug-likeness (QED) is 0.744. The van der Waals surface area contributed by atoms with Gasteiger partial charge in [0.1, 0.15) is 0 Å². The molecule has 0 aromatic heterocycles. The fraction of sp³-hybridized carbons (Fsp3) is 0. The van der Waals surface area contributed by atoms with Crippen molar-refractivity contribution in [3.63, 3.8) is 0 Å². The predicted molar refractivity (Wildman–Crippen MR) is 101 cm³/mol. The normalized spacial score (nSPS) is 16.3. The third-order valence-electron chi connectivity index (χ3n) is 4.02. The van der Waals surface area contributed by atoms with Gasteiger partial charge in [-0.15, -0.1) is 0 Å². The van der Waals surface area contributed by atoms with E-state index in [-0.39, 0.29) is 11.8 Å². The molecule has 124 valence electrons. The second-order valence-corrected chi connectivity index (χ2v) is 7.27. The number of rotatable bonds is 2. The van der Waals surface area contributed by atoms with E-state index in [0.717, 1.165) is 10.0 Å². The van der Waals surface area contributed by atoms with Crippen molar-refractivity contribution in [3.05, 3.63) is 79.3 Å². The molecular formula is C18H9BrCl2N2O2. The highest BCUT2D eigenvalue weighted by molar-refractivity contribution is 9.10. The van der Waals surface area contributed by atoms with Crippen LogP contribution in [0, 0.1) is 0 Å². The summed E-state index contributed by atoms with van der Waals surface area (Å²) in [5.41, 5.74) is 2.98. The van der Waals surface area contributed by atoms with Gasteiger partial charge in [0, 0.05) is 10.0 Å². The average molecular weight is 436 g/mol. The lowest BCUT2D eigenvalue weighted by atomic mass is 10.0. The summed E-state index contributed by atoms with van der Waals surface area (Å²) in [5, 5.41) is 6.32. The summed E-state index contributed by atoms with van der Waals surface area (Å²) < 4.78 is 0.911. The molecule has 0 saturated carbocycles. The van der Waals surface area contributed by atoms with Gasteiger partial charge in [0.15, 0.2) is 0 Å². The minimum Gasteiger partial charge on any atom is -0.321 e. The topological polar surface area (TPSA) is 58.2 Å². The molecule has 0 atom stereocenters. The van der Waals surface area contributed by atoms with Gasteiger partial charge in [-0.25, -0.2) is 0 Å². The highest BCUT2D eigenvalue weighted by Crippen LogP contribution is 2.38. The first-order valence-corrected chi connectivity index (χ1v) is 8.83. The monoisotopic (exact) mass is 434 g/mol. The van der Waals surface area contributed by atoms with Crippen LogP contribution < -0.4 is 10.6 Å². The number of hydrogen-bond acceptors (Lipinski definition) is 2. The molecule has 2 aromatic rings. The van der Waals surface area contributed by atoms with E-state index in [1.165, 1.54) is 0 Å². The average Bonchev–Trinajstić information content (AvgIpc) is 3.10. The molecule has 0 bridgehead atoms. The zero-order valence-corrected chi connectivity index (χ0v) is 15.6. The van der Waals surface area contributed by atoms with Gasteiger partial charge in [-0.1, -0.05) is 57.3 Å².